The summed E-state index contributed by atoms with van der Waals surface area (Å²) >= 11 is 0. The number of nitrogens with one attached hydrogen (secondary N) is 1. The Morgan fingerprint density at radius 2 is 1.95 bits per heavy atom. The Hall–Kier alpha value is -4.31. The van der Waals surface area contributed by atoms with E-state index in [4.69, 9.17) is 19.2 Å². The first kappa shape index (κ1) is 27.5. The van der Waals surface area contributed by atoms with Crippen LogP contribution in [0.5, 0.6) is 11.5 Å². The highest BCUT2D eigenvalue weighted by Gasteiger charge is 2.31. The van der Waals surface area contributed by atoms with E-state index in [2.05, 4.69) is 35.4 Å². The number of ether oxygens (including phenoxy) is 3. The van der Waals surface area contributed by atoms with Gasteiger partial charge in [-0.3, -0.25) is 9.69 Å². The van der Waals surface area contributed by atoms with Crippen molar-refractivity contribution in [2.75, 3.05) is 56.0 Å². The summed E-state index contributed by atoms with van der Waals surface area (Å²) in [4.78, 5) is 37.9. The molecule has 4 heterocycles. The molecular weight excluding hydrogens is 546 g/mol. The zero-order valence-corrected chi connectivity index (χ0v) is 24.5. The molecule has 0 saturated carbocycles. The standard InChI is InChI=1S/C33H37N5O5/c1-22(23-6-3-2-4-7-23)38(32(39)24-8-5-9-27(17-24)37-11-10-34-33(37)40)20-26-16-25-18-29-30(43-21-42-29)19-28(25)35-31(26)36-12-14-41-15-13-36/h3,5-6,8-9,16-19,22-23H,2,4,7,10-15,20-21H2,1H3,(H,34,40). The molecule has 1 aliphatic carbocycles. The lowest BCUT2D eigenvalue weighted by Gasteiger charge is -2.36. The second-order valence-corrected chi connectivity index (χ2v) is 11.6. The van der Waals surface area contributed by atoms with Gasteiger partial charge in [0.05, 0.1) is 18.7 Å². The van der Waals surface area contributed by atoms with Crippen molar-refractivity contribution < 1.29 is 23.8 Å². The Bertz CT molecular complexity index is 1570. The van der Waals surface area contributed by atoms with Crippen LogP contribution in [0.25, 0.3) is 10.9 Å². The Kier molecular flexibility index (Phi) is 7.52. The minimum atomic E-state index is -0.138. The highest BCUT2D eigenvalue weighted by Crippen LogP contribution is 2.38. The number of nitrogens with zero attached hydrogens (tertiary/aromatic N) is 4. The normalized spacial score (nSPS) is 20.4. The van der Waals surface area contributed by atoms with Crippen molar-refractivity contribution in [2.24, 2.45) is 5.92 Å². The summed E-state index contributed by atoms with van der Waals surface area (Å²) < 4.78 is 17.0. The third kappa shape index (κ3) is 5.47. The van der Waals surface area contributed by atoms with E-state index in [0.717, 1.165) is 60.3 Å². The van der Waals surface area contributed by atoms with E-state index in [1.165, 1.54) is 0 Å². The molecule has 2 fully saturated rings. The molecule has 2 saturated heterocycles. The highest BCUT2D eigenvalue weighted by molar-refractivity contribution is 5.98. The summed E-state index contributed by atoms with van der Waals surface area (Å²) in [7, 11) is 0. The summed E-state index contributed by atoms with van der Waals surface area (Å²) in [5.41, 5.74) is 3.09. The molecule has 0 radical (unpaired) electrons. The largest absolute Gasteiger partial charge is 0.454 e. The average Bonchev–Trinajstić information content (AvgIpc) is 3.70. The number of urea groups is 1. The van der Waals surface area contributed by atoms with E-state index in [1.54, 1.807) is 4.90 Å². The van der Waals surface area contributed by atoms with Crippen LogP contribution in [0.1, 0.15) is 42.1 Å². The van der Waals surface area contributed by atoms with Gasteiger partial charge in [-0.25, -0.2) is 9.78 Å². The predicted octanol–water partition coefficient (Wildman–Crippen LogP) is 4.72. The molecule has 10 nitrogen and oxygen atoms in total. The van der Waals surface area contributed by atoms with Crippen LogP contribution in [-0.4, -0.2) is 74.0 Å². The van der Waals surface area contributed by atoms with Crippen LogP contribution in [0.4, 0.5) is 16.3 Å². The molecule has 10 heteroatoms. The lowest BCUT2D eigenvalue weighted by atomic mass is 9.88. The Morgan fingerprint density at radius 1 is 1.12 bits per heavy atom. The molecule has 2 atom stereocenters. The summed E-state index contributed by atoms with van der Waals surface area (Å²) in [6.45, 7) is 6.62. The number of morpholine rings is 1. The van der Waals surface area contributed by atoms with Crippen molar-refractivity contribution in [2.45, 2.75) is 38.8 Å². The Labute approximate surface area is 251 Å². The number of anilines is 2. The van der Waals surface area contributed by atoms with Crippen LogP contribution >= 0.6 is 0 Å². The zero-order chi connectivity index (χ0) is 29.3. The van der Waals surface area contributed by atoms with E-state index in [9.17, 15) is 9.59 Å². The number of rotatable bonds is 7. The van der Waals surface area contributed by atoms with Crippen molar-refractivity contribution in [1.29, 1.82) is 0 Å². The lowest BCUT2D eigenvalue weighted by Crippen LogP contribution is -2.43. The van der Waals surface area contributed by atoms with Crippen LogP contribution < -0.4 is 24.6 Å². The number of fused-ring (bicyclic) bond motifs is 2. The number of hydrogen-bond acceptors (Lipinski definition) is 7. The second-order valence-electron chi connectivity index (χ2n) is 11.6. The average molecular weight is 584 g/mol. The number of carbonyl (C=O) groups is 2. The number of hydrogen-bond donors (Lipinski definition) is 1. The third-order valence-corrected chi connectivity index (χ3v) is 8.94. The molecule has 2 aromatic carbocycles. The first-order valence-corrected chi connectivity index (χ1v) is 15.2. The van der Waals surface area contributed by atoms with Crippen LogP contribution in [-0.2, 0) is 11.3 Å². The first-order valence-electron chi connectivity index (χ1n) is 15.2. The third-order valence-electron chi connectivity index (χ3n) is 8.94. The lowest BCUT2D eigenvalue weighted by molar-refractivity contribution is 0.0625. The van der Waals surface area contributed by atoms with Gasteiger partial charge in [0.1, 0.15) is 5.82 Å². The van der Waals surface area contributed by atoms with E-state index in [1.807, 2.05) is 41.3 Å². The molecule has 0 spiro atoms. The maximum absolute atomic E-state index is 14.5. The fourth-order valence-corrected chi connectivity index (χ4v) is 6.51. The molecule has 3 aromatic rings. The SMILES string of the molecule is CC(C1C=CCCC1)N(Cc1cc2cc3c(cc2nc1N1CCOCC1)OCO3)C(=O)c1cccc(N2CCNC2=O)c1. The summed E-state index contributed by atoms with van der Waals surface area (Å²) in [6.07, 6.45) is 7.71. The number of benzene rings is 2. The predicted molar refractivity (Wildman–Crippen MR) is 164 cm³/mol. The summed E-state index contributed by atoms with van der Waals surface area (Å²) in [5, 5.41) is 3.79. The molecule has 43 heavy (non-hydrogen) atoms. The molecular formula is C33H37N5O5. The van der Waals surface area contributed by atoms with Crippen molar-refractivity contribution in [3.05, 3.63) is 65.7 Å². The van der Waals surface area contributed by atoms with E-state index < -0.39 is 0 Å². The van der Waals surface area contributed by atoms with Gasteiger partial charge in [0.25, 0.3) is 5.91 Å². The number of amides is 3. The van der Waals surface area contributed by atoms with Crippen molar-refractivity contribution in [3.8, 4) is 11.5 Å². The van der Waals surface area contributed by atoms with Crippen molar-refractivity contribution in [1.82, 2.24) is 15.2 Å². The number of aromatic nitrogens is 1. The fourth-order valence-electron chi connectivity index (χ4n) is 6.51. The topological polar surface area (TPSA) is 96.5 Å². The van der Waals surface area contributed by atoms with E-state index >= 15 is 0 Å². The summed E-state index contributed by atoms with van der Waals surface area (Å²) in [6, 6.07) is 13.3. The molecule has 3 amide bonds. The first-order chi connectivity index (χ1) is 21.0. The maximum atomic E-state index is 14.5. The van der Waals surface area contributed by atoms with Gasteiger partial charge in [0, 0.05) is 67.0 Å². The quantitative estimate of drug-likeness (QED) is 0.402. The molecule has 0 bridgehead atoms. The monoisotopic (exact) mass is 583 g/mol. The number of allylic oxidation sites excluding steroid dienone is 1. The molecule has 1 aromatic heterocycles. The van der Waals surface area contributed by atoms with Crippen LogP contribution in [0, 0.1) is 5.92 Å². The fraction of sp³-hybridized carbons (Fsp3) is 0.424. The minimum absolute atomic E-state index is 0.0484. The molecule has 7 rings (SSSR count). The van der Waals surface area contributed by atoms with Gasteiger partial charge in [-0.05, 0) is 62.4 Å². The van der Waals surface area contributed by atoms with Gasteiger partial charge in [0.2, 0.25) is 6.79 Å². The van der Waals surface area contributed by atoms with Gasteiger partial charge >= 0.3 is 6.03 Å². The highest BCUT2D eigenvalue weighted by atomic mass is 16.7. The zero-order valence-electron chi connectivity index (χ0n) is 24.5. The molecule has 1 N–H and O–H groups in total. The van der Waals surface area contributed by atoms with Gasteiger partial charge in [-0.2, -0.15) is 0 Å². The minimum Gasteiger partial charge on any atom is -0.454 e. The van der Waals surface area contributed by atoms with E-state index in [-0.39, 0.29) is 30.7 Å². The van der Waals surface area contributed by atoms with Crippen LogP contribution in [0.3, 0.4) is 0 Å². The molecule has 224 valence electrons. The Balaban J connectivity index is 1.29. The second kappa shape index (κ2) is 11.8. The molecule has 2 unspecified atom stereocenters. The molecule has 4 aliphatic rings. The Morgan fingerprint density at radius 3 is 2.72 bits per heavy atom. The maximum Gasteiger partial charge on any atom is 0.321 e. The van der Waals surface area contributed by atoms with Gasteiger partial charge in [0.15, 0.2) is 11.5 Å². The summed E-state index contributed by atoms with van der Waals surface area (Å²) in [5.74, 6) is 2.45. The smallest absolute Gasteiger partial charge is 0.321 e. The van der Waals surface area contributed by atoms with Gasteiger partial charge in [-0.15, -0.1) is 0 Å². The van der Waals surface area contributed by atoms with Crippen LogP contribution in [0.15, 0.2) is 54.6 Å². The van der Waals surface area contributed by atoms with Crippen LogP contribution in [0.2, 0.25) is 0 Å². The number of pyridine rings is 1. The van der Waals surface area contributed by atoms with Crippen molar-refractivity contribution in [3.63, 3.8) is 0 Å². The number of carbonyl (C=O) groups excluding carboxylic acids is 2. The molecule has 3 aliphatic heterocycles. The van der Waals surface area contributed by atoms with Gasteiger partial charge in [-0.1, -0.05) is 18.2 Å². The van der Waals surface area contributed by atoms with Crippen molar-refractivity contribution >= 4 is 34.3 Å². The van der Waals surface area contributed by atoms with Gasteiger partial charge < -0.3 is 29.3 Å². The van der Waals surface area contributed by atoms with E-state index in [0.29, 0.717) is 49.9 Å².